The van der Waals surface area contributed by atoms with Crippen molar-refractivity contribution < 1.29 is 8.42 Å². The van der Waals surface area contributed by atoms with E-state index >= 15 is 0 Å². The number of hydrogen-bond donors (Lipinski definition) is 0. The third-order valence-corrected chi connectivity index (χ3v) is 5.06. The summed E-state index contributed by atoms with van der Waals surface area (Å²) in [5.74, 6) is 0.230. The molecule has 0 unspecified atom stereocenters. The molecular weight excluding hydrogens is 272 g/mol. The van der Waals surface area contributed by atoms with E-state index in [1.54, 1.807) is 12.2 Å². The van der Waals surface area contributed by atoms with Crippen molar-refractivity contribution in [1.82, 2.24) is 0 Å². The summed E-state index contributed by atoms with van der Waals surface area (Å²) in [5.41, 5.74) is 3.10. The van der Waals surface area contributed by atoms with E-state index in [4.69, 9.17) is 0 Å². The second-order valence-electron chi connectivity index (χ2n) is 5.66. The zero-order valence-corrected chi connectivity index (χ0v) is 13.7. The second-order valence-corrected chi connectivity index (χ2v) is 12.9. The molecule has 0 spiro atoms. The van der Waals surface area contributed by atoms with E-state index in [0.717, 1.165) is 5.56 Å². The van der Waals surface area contributed by atoms with Gasteiger partial charge in [0.15, 0.2) is 9.84 Å². The summed E-state index contributed by atoms with van der Waals surface area (Å²) in [4.78, 5) is 0. The monoisotopic (exact) mass is 294 g/mol. The summed E-state index contributed by atoms with van der Waals surface area (Å²) in [7, 11) is -4.33. The molecule has 0 N–H and O–H groups in total. The predicted molar refractivity (Wildman–Crippen MR) is 86.6 cm³/mol. The van der Waals surface area contributed by atoms with Crippen LogP contribution in [0.25, 0.3) is 6.08 Å². The molecule has 0 saturated carbocycles. The molecule has 1 rings (SSSR count). The van der Waals surface area contributed by atoms with E-state index in [1.165, 1.54) is 0 Å². The Kier molecular flexibility index (Phi) is 5.75. The van der Waals surface area contributed by atoms with Crippen LogP contribution in [0.1, 0.15) is 5.56 Å². The largest absolute Gasteiger partial charge is 0.228 e. The normalized spacial score (nSPS) is 13.4. The molecule has 4 heteroatoms. The Morgan fingerprint density at radius 1 is 1.00 bits per heavy atom. The van der Waals surface area contributed by atoms with Gasteiger partial charge in [-0.2, -0.15) is 0 Å². The first-order chi connectivity index (χ1) is 8.79. The van der Waals surface area contributed by atoms with Gasteiger partial charge in [0.05, 0.1) is 19.6 Å². The van der Waals surface area contributed by atoms with Crippen molar-refractivity contribution in [3.05, 3.63) is 53.7 Å². The lowest BCUT2D eigenvalue weighted by atomic mass is 10.2. The molecule has 0 aliphatic carbocycles. The fourth-order valence-corrected chi connectivity index (χ4v) is 3.42. The van der Waals surface area contributed by atoms with Crippen LogP contribution in [0.15, 0.2) is 48.2 Å². The van der Waals surface area contributed by atoms with Gasteiger partial charge in [0.25, 0.3) is 0 Å². The molecule has 0 amide bonds. The van der Waals surface area contributed by atoms with E-state index in [2.05, 4.69) is 25.3 Å². The maximum Gasteiger partial charge on any atom is 0.157 e. The minimum Gasteiger partial charge on any atom is -0.228 e. The molecule has 0 heterocycles. The van der Waals surface area contributed by atoms with E-state index in [1.807, 2.05) is 36.4 Å². The molecular formula is C15H22O2SSi. The zero-order valence-electron chi connectivity index (χ0n) is 11.8. The first kappa shape index (κ1) is 15.9. The molecule has 0 radical (unpaired) electrons. The molecule has 19 heavy (non-hydrogen) atoms. The average Bonchev–Trinajstić information content (AvgIpc) is 2.28. The SMILES string of the molecule is C[Si](C)(C)/C=C/CS(=O)(=O)C/C=C\c1ccccc1. The van der Waals surface area contributed by atoms with E-state index in [0.29, 0.717) is 0 Å². The van der Waals surface area contributed by atoms with Crippen LogP contribution >= 0.6 is 0 Å². The number of sulfone groups is 1. The summed E-state index contributed by atoms with van der Waals surface area (Å²) >= 11 is 0. The van der Waals surface area contributed by atoms with Crippen LogP contribution in [-0.2, 0) is 9.84 Å². The highest BCUT2D eigenvalue weighted by atomic mass is 32.2. The van der Waals surface area contributed by atoms with Gasteiger partial charge in [0, 0.05) is 0 Å². The summed E-state index contributed by atoms with van der Waals surface area (Å²) in [6.07, 6.45) is 5.37. The van der Waals surface area contributed by atoms with Crippen molar-refractivity contribution in [1.29, 1.82) is 0 Å². The van der Waals surface area contributed by atoms with E-state index < -0.39 is 17.9 Å². The molecule has 0 fully saturated rings. The fraction of sp³-hybridized carbons (Fsp3) is 0.333. The highest BCUT2D eigenvalue weighted by Crippen LogP contribution is 2.04. The van der Waals surface area contributed by atoms with Crippen molar-refractivity contribution in [2.75, 3.05) is 11.5 Å². The van der Waals surface area contributed by atoms with Gasteiger partial charge in [-0.3, -0.25) is 0 Å². The first-order valence-electron chi connectivity index (χ1n) is 6.38. The third kappa shape index (κ3) is 7.80. The quantitative estimate of drug-likeness (QED) is 0.752. The fourth-order valence-electron chi connectivity index (χ4n) is 1.51. The molecule has 0 aliphatic heterocycles. The Balaban J connectivity index is 2.52. The standard InChI is InChI=1S/C15H22O2SSi/c1-19(2,3)14-8-13-18(16,17)12-7-11-15-9-5-4-6-10-15/h4-11,14H,12-13H2,1-3H3/b11-7-,14-8+. The first-order valence-corrected chi connectivity index (χ1v) is 11.8. The smallest absolute Gasteiger partial charge is 0.157 e. The topological polar surface area (TPSA) is 34.1 Å². The summed E-state index contributed by atoms with van der Waals surface area (Å²) in [6.45, 7) is 6.56. The number of hydrogen-bond acceptors (Lipinski definition) is 2. The maximum absolute atomic E-state index is 11.8. The Morgan fingerprint density at radius 2 is 1.58 bits per heavy atom. The average molecular weight is 294 g/mol. The van der Waals surface area contributed by atoms with Crippen LogP contribution < -0.4 is 0 Å². The van der Waals surface area contributed by atoms with Crippen LogP contribution in [0.5, 0.6) is 0 Å². The van der Waals surface area contributed by atoms with Crippen LogP contribution in [0.4, 0.5) is 0 Å². The molecule has 0 atom stereocenters. The minimum atomic E-state index is -3.03. The maximum atomic E-state index is 11.8. The lowest BCUT2D eigenvalue weighted by Crippen LogP contribution is -2.16. The lowest BCUT2D eigenvalue weighted by Gasteiger charge is -2.07. The van der Waals surface area contributed by atoms with Crippen molar-refractivity contribution >= 4 is 24.0 Å². The van der Waals surface area contributed by atoms with Gasteiger partial charge in [0.1, 0.15) is 0 Å². The van der Waals surface area contributed by atoms with Gasteiger partial charge in [-0.1, -0.05) is 73.9 Å². The van der Waals surface area contributed by atoms with Crippen molar-refractivity contribution in [2.24, 2.45) is 0 Å². The molecule has 104 valence electrons. The Labute approximate surface area is 117 Å². The van der Waals surface area contributed by atoms with Crippen LogP contribution in [0.2, 0.25) is 19.6 Å². The van der Waals surface area contributed by atoms with E-state index in [-0.39, 0.29) is 11.5 Å². The third-order valence-electron chi connectivity index (χ3n) is 2.43. The second kappa shape index (κ2) is 6.87. The van der Waals surface area contributed by atoms with Crippen LogP contribution in [-0.4, -0.2) is 28.0 Å². The van der Waals surface area contributed by atoms with Crippen molar-refractivity contribution in [3.8, 4) is 0 Å². The number of rotatable bonds is 6. The van der Waals surface area contributed by atoms with Gasteiger partial charge in [-0.15, -0.1) is 0 Å². The Hall–Kier alpha value is -1.13. The highest BCUT2D eigenvalue weighted by Gasteiger charge is 2.09. The van der Waals surface area contributed by atoms with Gasteiger partial charge in [-0.25, -0.2) is 8.42 Å². The summed E-state index contributed by atoms with van der Waals surface area (Å²) in [5, 5.41) is 0. The molecule has 0 saturated heterocycles. The molecule has 0 bridgehead atoms. The van der Waals surface area contributed by atoms with Gasteiger partial charge in [0.2, 0.25) is 0 Å². The lowest BCUT2D eigenvalue weighted by molar-refractivity contribution is 0.602. The molecule has 0 aromatic heterocycles. The van der Waals surface area contributed by atoms with Crippen molar-refractivity contribution in [2.45, 2.75) is 19.6 Å². The highest BCUT2D eigenvalue weighted by molar-refractivity contribution is 7.91. The van der Waals surface area contributed by atoms with E-state index in [9.17, 15) is 8.42 Å². The molecule has 1 aromatic rings. The summed E-state index contributed by atoms with van der Waals surface area (Å²) in [6, 6.07) is 9.72. The Bertz CT molecular complexity index is 537. The van der Waals surface area contributed by atoms with Crippen molar-refractivity contribution in [3.63, 3.8) is 0 Å². The number of benzene rings is 1. The molecule has 2 nitrogen and oxygen atoms in total. The predicted octanol–water partition coefficient (Wildman–Crippen LogP) is 3.55. The van der Waals surface area contributed by atoms with Gasteiger partial charge < -0.3 is 0 Å². The van der Waals surface area contributed by atoms with Gasteiger partial charge >= 0.3 is 0 Å². The summed E-state index contributed by atoms with van der Waals surface area (Å²) < 4.78 is 23.6. The Morgan fingerprint density at radius 3 is 2.16 bits per heavy atom. The molecule has 0 aliphatic rings. The van der Waals surface area contributed by atoms with Gasteiger partial charge in [-0.05, 0) is 5.56 Å². The van der Waals surface area contributed by atoms with Crippen LogP contribution in [0, 0.1) is 0 Å². The zero-order chi connectivity index (χ0) is 14.4. The minimum absolute atomic E-state index is 0.0952. The molecule has 1 aromatic carbocycles. The van der Waals surface area contributed by atoms with Crippen LogP contribution in [0.3, 0.4) is 0 Å².